The number of oxazole rings is 1. The van der Waals surface area contributed by atoms with Crippen molar-refractivity contribution in [3.63, 3.8) is 0 Å². The van der Waals surface area contributed by atoms with Gasteiger partial charge < -0.3 is 25.3 Å². The largest absolute Gasteiger partial charge is 0.417 e. The molecule has 2 aliphatic heterocycles. The lowest BCUT2D eigenvalue weighted by Gasteiger charge is -2.46. The average molecular weight is 618 g/mol. The second kappa shape index (κ2) is 12.0. The van der Waals surface area contributed by atoms with Crippen molar-refractivity contribution in [2.45, 2.75) is 44.9 Å². The third-order valence-corrected chi connectivity index (χ3v) is 8.78. The number of H-pyrrole nitrogens is 1. The molecule has 2 aromatic heterocycles. The number of rotatable bonds is 9. The van der Waals surface area contributed by atoms with Gasteiger partial charge in [-0.2, -0.15) is 10.3 Å². The van der Waals surface area contributed by atoms with Gasteiger partial charge >= 0.3 is 11.8 Å². The Kier molecular flexibility index (Phi) is 7.93. The molecule has 2 fully saturated rings. The number of carbonyl (C=O) groups is 3. The summed E-state index contributed by atoms with van der Waals surface area (Å²) in [7, 11) is 0. The molecule has 2 saturated heterocycles. The van der Waals surface area contributed by atoms with Crippen molar-refractivity contribution < 1.29 is 18.8 Å². The molecule has 14 nitrogen and oxygen atoms in total. The van der Waals surface area contributed by atoms with Crippen molar-refractivity contribution >= 4 is 55.6 Å². The van der Waals surface area contributed by atoms with E-state index in [2.05, 4.69) is 15.3 Å². The number of hydrazine groups is 1. The summed E-state index contributed by atoms with van der Waals surface area (Å²) in [6.45, 7) is 2.31. The van der Waals surface area contributed by atoms with Crippen LogP contribution in [-0.2, 0) is 22.6 Å². The molecule has 6 rings (SSSR count). The number of carbonyl (C=O) groups excluding carboxylic acids is 3. The van der Waals surface area contributed by atoms with Crippen LogP contribution in [0.4, 0.5) is 9.93 Å². The van der Waals surface area contributed by atoms with Crippen LogP contribution in [0.1, 0.15) is 30.9 Å². The first-order valence-corrected chi connectivity index (χ1v) is 15.1. The maximum absolute atomic E-state index is 14.2. The molecule has 2 aromatic carbocycles. The SMILES string of the molecule is CCCCNC(=O)N(CC#N)N1CC(=O)N2[C@@H](Cc3ccc4oc(=O)[nH]c4c3)C(=O)N(Cc3cccc4sc(N)nc34)C[C@@H]21. The highest BCUT2D eigenvalue weighted by Gasteiger charge is 2.52. The topological polar surface area (TPSA) is 185 Å². The summed E-state index contributed by atoms with van der Waals surface area (Å²) in [6.07, 6.45) is 1.10. The van der Waals surface area contributed by atoms with E-state index >= 15 is 0 Å². The minimum absolute atomic E-state index is 0.106. The number of benzene rings is 2. The number of hydrogen-bond acceptors (Lipinski definition) is 10. The molecule has 0 radical (unpaired) electrons. The number of aromatic nitrogens is 2. The van der Waals surface area contributed by atoms with Crippen molar-refractivity contribution in [3.8, 4) is 6.07 Å². The summed E-state index contributed by atoms with van der Waals surface area (Å²) in [4.78, 5) is 63.0. The number of piperazine rings is 1. The highest BCUT2D eigenvalue weighted by atomic mass is 32.1. The molecule has 4 N–H and O–H groups in total. The summed E-state index contributed by atoms with van der Waals surface area (Å²) in [5, 5.41) is 15.7. The number of thiazole rings is 1. The molecular formula is C29H31N9O5S. The maximum Gasteiger partial charge on any atom is 0.417 e. The number of unbranched alkanes of at least 4 members (excludes halogenated alkanes) is 1. The van der Waals surface area contributed by atoms with E-state index in [0.717, 1.165) is 23.1 Å². The van der Waals surface area contributed by atoms with E-state index in [1.54, 1.807) is 28.1 Å². The molecule has 2 atom stereocenters. The van der Waals surface area contributed by atoms with Crippen LogP contribution in [0.25, 0.3) is 21.3 Å². The molecule has 0 bridgehead atoms. The summed E-state index contributed by atoms with van der Waals surface area (Å²) in [6, 6.07) is 11.5. The molecule has 44 heavy (non-hydrogen) atoms. The Morgan fingerprint density at radius 3 is 2.93 bits per heavy atom. The number of urea groups is 1. The fraction of sp³-hybridized carbons (Fsp3) is 0.379. The van der Waals surface area contributed by atoms with Crippen molar-refractivity contribution in [2.24, 2.45) is 0 Å². The lowest BCUT2D eigenvalue weighted by atomic mass is 9.99. The molecule has 228 valence electrons. The summed E-state index contributed by atoms with van der Waals surface area (Å²) >= 11 is 1.36. The number of hydrogen-bond donors (Lipinski definition) is 3. The molecule has 4 amide bonds. The third-order valence-electron chi connectivity index (χ3n) is 7.93. The van der Waals surface area contributed by atoms with Crippen LogP contribution in [-0.4, -0.2) is 86.0 Å². The molecule has 4 heterocycles. The summed E-state index contributed by atoms with van der Waals surface area (Å²) < 4.78 is 6.02. The Morgan fingerprint density at radius 1 is 1.30 bits per heavy atom. The van der Waals surface area contributed by atoms with Crippen molar-refractivity contribution in [2.75, 3.05) is 31.9 Å². The zero-order valence-corrected chi connectivity index (χ0v) is 24.8. The minimum atomic E-state index is -0.908. The second-order valence-corrected chi connectivity index (χ2v) is 11.8. The van der Waals surface area contributed by atoms with Crippen molar-refractivity contribution in [1.29, 1.82) is 5.26 Å². The van der Waals surface area contributed by atoms with Gasteiger partial charge in [-0.25, -0.2) is 19.6 Å². The number of anilines is 1. The van der Waals surface area contributed by atoms with Crippen LogP contribution in [0.5, 0.6) is 0 Å². The van der Waals surface area contributed by atoms with Crippen LogP contribution in [0.3, 0.4) is 0 Å². The summed E-state index contributed by atoms with van der Waals surface area (Å²) in [5.74, 6) is -1.18. The van der Waals surface area contributed by atoms with Crippen LogP contribution < -0.4 is 16.8 Å². The zero-order chi connectivity index (χ0) is 31.0. The molecule has 0 spiro atoms. The van der Waals surface area contributed by atoms with E-state index in [1.165, 1.54) is 21.2 Å². The van der Waals surface area contributed by atoms with Gasteiger partial charge in [0.15, 0.2) is 10.7 Å². The van der Waals surface area contributed by atoms with E-state index < -0.39 is 24.0 Å². The molecule has 15 heteroatoms. The molecule has 0 aliphatic carbocycles. The Balaban J connectivity index is 1.36. The molecule has 0 unspecified atom stereocenters. The average Bonchev–Trinajstić information content (AvgIpc) is 3.66. The smallest absolute Gasteiger partial charge is 0.408 e. The normalized spacial score (nSPS) is 18.6. The number of nitrogens with one attached hydrogen (secondary N) is 2. The lowest BCUT2D eigenvalue weighted by molar-refractivity contribution is -0.157. The van der Waals surface area contributed by atoms with Crippen molar-refractivity contribution in [1.82, 2.24) is 35.1 Å². The van der Waals surface area contributed by atoms with Gasteiger partial charge in [-0.3, -0.25) is 14.6 Å². The monoisotopic (exact) mass is 617 g/mol. The highest BCUT2D eigenvalue weighted by Crippen LogP contribution is 2.32. The number of nitrogen functional groups attached to an aromatic ring is 1. The number of nitrogens with two attached hydrogens (primary N) is 1. The van der Waals surface area contributed by atoms with Gasteiger partial charge in [0.2, 0.25) is 11.8 Å². The molecule has 4 aromatic rings. The van der Waals surface area contributed by atoms with Gasteiger partial charge in [0, 0.05) is 19.5 Å². The number of fused-ring (bicyclic) bond motifs is 3. The Labute approximate surface area is 255 Å². The first kappa shape index (κ1) is 29.1. The van der Waals surface area contributed by atoms with Gasteiger partial charge in [-0.1, -0.05) is 42.9 Å². The van der Waals surface area contributed by atoms with Gasteiger partial charge in [0.1, 0.15) is 18.8 Å². The number of amides is 4. The minimum Gasteiger partial charge on any atom is -0.408 e. The van der Waals surface area contributed by atoms with Crippen LogP contribution in [0.2, 0.25) is 0 Å². The van der Waals surface area contributed by atoms with Crippen LogP contribution in [0.15, 0.2) is 45.6 Å². The van der Waals surface area contributed by atoms with E-state index in [-0.39, 0.29) is 44.4 Å². The Bertz CT molecular complexity index is 1840. The molecule has 2 aliphatic rings. The number of aromatic amines is 1. The Morgan fingerprint density at radius 2 is 2.14 bits per heavy atom. The first-order valence-electron chi connectivity index (χ1n) is 14.3. The van der Waals surface area contributed by atoms with Crippen LogP contribution in [0, 0.1) is 11.3 Å². The van der Waals surface area contributed by atoms with Gasteiger partial charge in [-0.05, 0) is 35.7 Å². The van der Waals surface area contributed by atoms with Gasteiger partial charge in [-0.15, -0.1) is 0 Å². The van der Waals surface area contributed by atoms with E-state index in [9.17, 15) is 24.4 Å². The fourth-order valence-corrected chi connectivity index (χ4v) is 6.69. The molecule has 0 saturated carbocycles. The number of para-hydroxylation sites is 1. The van der Waals surface area contributed by atoms with Gasteiger partial charge in [0.05, 0.1) is 34.9 Å². The standard InChI is InChI=1S/C29H31N9O5S/c1-2-3-10-32-28(41)36(11-9-30)37-16-24(39)38-20(13-17-7-8-21-19(12-17)33-29(42)43-21)26(40)35(15-23(37)38)14-18-5-4-6-22-25(18)34-27(31)44-22/h4-8,12,20,23H,2-3,10-11,13-16H2,1H3,(H2,31,34)(H,32,41)(H,33,42)/t20-,23+/m0/s1. The molecular weight excluding hydrogens is 586 g/mol. The number of nitrogens with zero attached hydrogens (tertiary/aromatic N) is 6. The quantitative estimate of drug-likeness (QED) is 0.187. The van der Waals surface area contributed by atoms with E-state index in [4.69, 9.17) is 10.2 Å². The maximum atomic E-state index is 14.2. The van der Waals surface area contributed by atoms with Crippen LogP contribution >= 0.6 is 11.3 Å². The predicted octanol–water partition coefficient (Wildman–Crippen LogP) is 1.99. The third kappa shape index (κ3) is 5.45. The van der Waals surface area contributed by atoms with Crippen molar-refractivity contribution in [3.05, 3.63) is 58.1 Å². The van der Waals surface area contributed by atoms with E-state index in [0.29, 0.717) is 33.9 Å². The fourth-order valence-electron chi connectivity index (χ4n) is 5.91. The zero-order valence-electron chi connectivity index (χ0n) is 24.0. The number of nitriles is 1. The highest BCUT2D eigenvalue weighted by molar-refractivity contribution is 7.22. The van der Waals surface area contributed by atoms with E-state index in [1.807, 2.05) is 31.2 Å². The second-order valence-electron chi connectivity index (χ2n) is 10.8. The summed E-state index contributed by atoms with van der Waals surface area (Å²) in [5.41, 5.74) is 9.06. The Hall–Kier alpha value is -4.94. The first-order chi connectivity index (χ1) is 21.3. The lowest BCUT2D eigenvalue weighted by Crippen LogP contribution is -2.66. The predicted molar refractivity (Wildman–Crippen MR) is 162 cm³/mol. The van der Waals surface area contributed by atoms with Gasteiger partial charge in [0.25, 0.3) is 0 Å².